The van der Waals surface area contributed by atoms with E-state index in [0.29, 0.717) is 24.9 Å². The Bertz CT molecular complexity index is 876. The Balaban J connectivity index is 1.79. The Hall–Kier alpha value is -2.39. The monoisotopic (exact) mass is 308 g/mol. The van der Waals surface area contributed by atoms with Crippen LogP contribution in [0.3, 0.4) is 0 Å². The summed E-state index contributed by atoms with van der Waals surface area (Å²) in [6, 6.07) is 4.78. The Morgan fingerprint density at radius 3 is 2.91 bits per heavy atom. The molecule has 6 heteroatoms. The molecule has 0 saturated heterocycles. The minimum atomic E-state index is 0.411. The molecule has 0 bridgehead atoms. The number of hydrogen-bond acceptors (Lipinski definition) is 4. The van der Waals surface area contributed by atoms with Gasteiger partial charge in [-0.2, -0.15) is 5.26 Å². The fourth-order valence-corrected chi connectivity index (χ4v) is 3.91. The first-order valence-electron chi connectivity index (χ1n) is 8.21. The van der Waals surface area contributed by atoms with Crippen LogP contribution in [0.5, 0.6) is 0 Å². The molecule has 118 valence electrons. The number of aromatic nitrogens is 4. The van der Waals surface area contributed by atoms with Gasteiger partial charge in [-0.25, -0.2) is 9.97 Å². The summed E-state index contributed by atoms with van der Waals surface area (Å²) in [5, 5.41) is 10.00. The lowest BCUT2D eigenvalue weighted by Gasteiger charge is -2.29. The van der Waals surface area contributed by atoms with Crippen molar-refractivity contribution < 1.29 is 0 Å². The molecular weight excluding hydrogens is 288 g/mol. The molecule has 0 aliphatic heterocycles. The predicted molar refractivity (Wildman–Crippen MR) is 88.5 cm³/mol. The highest BCUT2D eigenvalue weighted by molar-refractivity contribution is 6.01. The fraction of sp³-hybridized carbons (Fsp3) is 0.471. The highest BCUT2D eigenvalue weighted by Gasteiger charge is 2.26. The number of hydrogen-bond donors (Lipinski definition) is 2. The van der Waals surface area contributed by atoms with Crippen molar-refractivity contribution in [3.8, 4) is 6.07 Å². The minimum Gasteiger partial charge on any atom is -0.346 e. The van der Waals surface area contributed by atoms with Gasteiger partial charge in [0, 0.05) is 24.0 Å². The standard InChI is InChI=1S/C17H20N6/c18-7-5-11-1-3-12(4-2-11)23-15(9-19)22-14-10-21-17-13(16(14)23)6-8-20-17/h6,8,10-12H,1-5,9,19H2,(H,20,21)/t11-,12-. The molecule has 1 fully saturated rings. The van der Waals surface area contributed by atoms with E-state index < -0.39 is 0 Å². The van der Waals surface area contributed by atoms with Gasteiger partial charge < -0.3 is 15.3 Å². The van der Waals surface area contributed by atoms with Crippen molar-refractivity contribution in [2.45, 2.75) is 44.7 Å². The molecule has 6 nitrogen and oxygen atoms in total. The number of nitrogens with one attached hydrogen (secondary N) is 1. The van der Waals surface area contributed by atoms with E-state index in [1.807, 2.05) is 12.4 Å². The maximum atomic E-state index is 8.89. The van der Waals surface area contributed by atoms with Crippen LogP contribution < -0.4 is 5.73 Å². The molecule has 1 saturated carbocycles. The van der Waals surface area contributed by atoms with Gasteiger partial charge >= 0.3 is 0 Å². The lowest BCUT2D eigenvalue weighted by atomic mass is 9.84. The SMILES string of the molecule is N#CC[C@H]1CC[C@H](n2c(CN)nc3cnc4[nH]ccc4c32)CC1. The van der Waals surface area contributed by atoms with Gasteiger partial charge in [0.25, 0.3) is 0 Å². The third-order valence-corrected chi connectivity index (χ3v) is 5.05. The van der Waals surface area contributed by atoms with Gasteiger partial charge in [0.1, 0.15) is 17.0 Å². The molecule has 0 unspecified atom stereocenters. The predicted octanol–water partition coefficient (Wildman–Crippen LogP) is 3.02. The Morgan fingerprint density at radius 2 is 2.17 bits per heavy atom. The molecule has 0 amide bonds. The number of aromatic amines is 1. The molecule has 0 radical (unpaired) electrons. The topological polar surface area (TPSA) is 96.3 Å². The normalized spacial score (nSPS) is 21.7. The first-order chi connectivity index (χ1) is 11.3. The van der Waals surface area contributed by atoms with Crippen molar-refractivity contribution in [2.24, 2.45) is 11.7 Å². The van der Waals surface area contributed by atoms with E-state index in [2.05, 4.69) is 26.7 Å². The third kappa shape index (κ3) is 2.28. The summed E-state index contributed by atoms with van der Waals surface area (Å²) in [5.41, 5.74) is 8.90. The lowest BCUT2D eigenvalue weighted by molar-refractivity contribution is 0.278. The van der Waals surface area contributed by atoms with Gasteiger partial charge in [0.2, 0.25) is 0 Å². The second-order valence-corrected chi connectivity index (χ2v) is 6.37. The summed E-state index contributed by atoms with van der Waals surface area (Å²) >= 11 is 0. The zero-order valence-corrected chi connectivity index (χ0v) is 13.0. The second-order valence-electron chi connectivity index (χ2n) is 6.37. The average Bonchev–Trinajstić information content (AvgIpc) is 3.19. The van der Waals surface area contributed by atoms with Crippen molar-refractivity contribution in [3.05, 3.63) is 24.3 Å². The average molecular weight is 308 g/mol. The van der Waals surface area contributed by atoms with Crippen LogP contribution in [0.15, 0.2) is 18.5 Å². The Morgan fingerprint density at radius 1 is 1.35 bits per heavy atom. The van der Waals surface area contributed by atoms with E-state index in [9.17, 15) is 0 Å². The number of nitrogens with two attached hydrogens (primary N) is 1. The number of pyridine rings is 1. The lowest BCUT2D eigenvalue weighted by Crippen LogP contribution is -2.21. The highest BCUT2D eigenvalue weighted by atomic mass is 15.1. The van der Waals surface area contributed by atoms with Gasteiger partial charge in [-0.05, 0) is 37.7 Å². The van der Waals surface area contributed by atoms with Crippen LogP contribution in [0.25, 0.3) is 22.1 Å². The number of rotatable bonds is 3. The molecule has 3 heterocycles. The zero-order valence-electron chi connectivity index (χ0n) is 13.0. The number of nitriles is 1. The Kier molecular flexibility index (Phi) is 3.50. The second kappa shape index (κ2) is 5.67. The van der Waals surface area contributed by atoms with Crippen molar-refractivity contribution in [3.63, 3.8) is 0 Å². The van der Waals surface area contributed by atoms with Crippen LogP contribution >= 0.6 is 0 Å². The van der Waals surface area contributed by atoms with Crippen LogP contribution in [-0.4, -0.2) is 19.5 Å². The molecule has 3 aromatic rings. The van der Waals surface area contributed by atoms with Gasteiger partial charge in [-0.3, -0.25) is 0 Å². The first-order valence-corrected chi connectivity index (χ1v) is 8.21. The summed E-state index contributed by atoms with van der Waals surface area (Å²) in [5.74, 6) is 1.47. The molecule has 0 aromatic carbocycles. The minimum absolute atomic E-state index is 0.411. The van der Waals surface area contributed by atoms with Gasteiger partial charge in [-0.15, -0.1) is 0 Å². The van der Waals surface area contributed by atoms with Crippen LogP contribution in [-0.2, 0) is 6.54 Å². The molecule has 3 N–H and O–H groups in total. The highest BCUT2D eigenvalue weighted by Crippen LogP contribution is 2.37. The molecule has 0 spiro atoms. The first kappa shape index (κ1) is 14.2. The van der Waals surface area contributed by atoms with Crippen LogP contribution in [0.1, 0.15) is 44.0 Å². The van der Waals surface area contributed by atoms with E-state index in [4.69, 9.17) is 16.0 Å². The van der Waals surface area contributed by atoms with Crippen LogP contribution in [0, 0.1) is 17.2 Å². The maximum absolute atomic E-state index is 8.89. The van der Waals surface area contributed by atoms with Gasteiger partial charge in [0.15, 0.2) is 0 Å². The summed E-state index contributed by atoms with van der Waals surface area (Å²) < 4.78 is 2.33. The number of nitrogens with zero attached hydrogens (tertiary/aromatic N) is 4. The van der Waals surface area contributed by atoms with E-state index in [0.717, 1.165) is 53.6 Å². The van der Waals surface area contributed by atoms with E-state index in [1.54, 1.807) is 0 Å². The zero-order chi connectivity index (χ0) is 15.8. The number of imidazole rings is 1. The molecule has 3 aromatic heterocycles. The number of fused-ring (bicyclic) bond motifs is 3. The van der Waals surface area contributed by atoms with Crippen molar-refractivity contribution in [2.75, 3.05) is 0 Å². The van der Waals surface area contributed by atoms with Gasteiger partial charge in [-0.1, -0.05) is 0 Å². The van der Waals surface area contributed by atoms with Crippen molar-refractivity contribution >= 4 is 22.1 Å². The quantitative estimate of drug-likeness (QED) is 0.777. The maximum Gasteiger partial charge on any atom is 0.139 e. The molecule has 4 rings (SSSR count). The van der Waals surface area contributed by atoms with Crippen LogP contribution in [0.2, 0.25) is 0 Å². The summed E-state index contributed by atoms with van der Waals surface area (Å²) in [6.45, 7) is 0.429. The number of H-pyrrole nitrogens is 1. The summed E-state index contributed by atoms with van der Waals surface area (Å²) in [7, 11) is 0. The summed E-state index contributed by atoms with van der Waals surface area (Å²) in [6.07, 6.45) is 8.78. The molecule has 1 aliphatic carbocycles. The summed E-state index contributed by atoms with van der Waals surface area (Å²) in [4.78, 5) is 12.3. The van der Waals surface area contributed by atoms with Gasteiger partial charge in [0.05, 0.1) is 24.3 Å². The Labute approximate surface area is 134 Å². The third-order valence-electron chi connectivity index (χ3n) is 5.05. The van der Waals surface area contributed by atoms with E-state index >= 15 is 0 Å². The van der Waals surface area contributed by atoms with Crippen molar-refractivity contribution in [1.29, 1.82) is 5.26 Å². The fourth-order valence-electron chi connectivity index (χ4n) is 3.91. The van der Waals surface area contributed by atoms with Crippen LogP contribution in [0.4, 0.5) is 0 Å². The molecule has 1 aliphatic rings. The van der Waals surface area contributed by atoms with E-state index in [-0.39, 0.29) is 0 Å². The van der Waals surface area contributed by atoms with Crippen molar-refractivity contribution in [1.82, 2.24) is 19.5 Å². The molecule has 0 atom stereocenters. The smallest absolute Gasteiger partial charge is 0.139 e. The molecule has 23 heavy (non-hydrogen) atoms. The van der Waals surface area contributed by atoms with E-state index in [1.165, 1.54) is 0 Å². The molecular formula is C17H20N6. The largest absolute Gasteiger partial charge is 0.346 e.